The summed E-state index contributed by atoms with van der Waals surface area (Å²) in [7, 11) is 1.98. The van der Waals surface area contributed by atoms with Gasteiger partial charge in [-0.3, -0.25) is 9.48 Å². The van der Waals surface area contributed by atoms with Crippen molar-refractivity contribution in [3.63, 3.8) is 0 Å². The molecule has 1 saturated heterocycles. The second-order valence-electron chi connectivity index (χ2n) is 7.20. The molecule has 2 aliphatic rings. The van der Waals surface area contributed by atoms with Crippen molar-refractivity contribution in [1.82, 2.24) is 14.7 Å². The molecule has 1 amide bonds. The van der Waals surface area contributed by atoms with Crippen LogP contribution in [-0.2, 0) is 19.9 Å². The lowest BCUT2D eigenvalue weighted by atomic mass is 10.0. The van der Waals surface area contributed by atoms with Gasteiger partial charge < -0.3 is 4.90 Å². The van der Waals surface area contributed by atoms with E-state index in [0.717, 1.165) is 43.5 Å². The van der Waals surface area contributed by atoms with Crippen LogP contribution in [0.5, 0.6) is 0 Å². The Labute approximate surface area is 143 Å². The van der Waals surface area contributed by atoms with Crippen molar-refractivity contribution in [3.05, 3.63) is 51.8 Å². The summed E-state index contributed by atoms with van der Waals surface area (Å²) >= 11 is 0. The standard InChI is InChI=1S/C20H25N3O/c1-13-19(14(2)22(3)21-13)18-8-5-11-23(18)20(24)17-10-9-15-6-4-7-16(15)12-17/h9-10,12,18H,4-8,11H2,1-3H3/t18-/m1/s1. The van der Waals surface area contributed by atoms with Gasteiger partial charge in [-0.25, -0.2) is 0 Å². The van der Waals surface area contributed by atoms with E-state index < -0.39 is 0 Å². The number of rotatable bonds is 2. The molecule has 4 rings (SSSR count). The van der Waals surface area contributed by atoms with Crippen LogP contribution >= 0.6 is 0 Å². The molecule has 1 fully saturated rings. The predicted octanol–water partition coefficient (Wildman–Crippen LogP) is 3.50. The van der Waals surface area contributed by atoms with E-state index >= 15 is 0 Å². The van der Waals surface area contributed by atoms with Gasteiger partial charge in [0.2, 0.25) is 0 Å². The number of fused-ring (bicyclic) bond motifs is 1. The third-order valence-electron chi connectivity index (χ3n) is 5.76. The minimum atomic E-state index is 0.166. The molecule has 1 aromatic carbocycles. The van der Waals surface area contributed by atoms with Crippen LogP contribution in [0.15, 0.2) is 18.2 Å². The van der Waals surface area contributed by atoms with Crippen LogP contribution in [0.3, 0.4) is 0 Å². The molecule has 126 valence electrons. The van der Waals surface area contributed by atoms with E-state index in [-0.39, 0.29) is 11.9 Å². The van der Waals surface area contributed by atoms with Gasteiger partial charge in [0.05, 0.1) is 11.7 Å². The van der Waals surface area contributed by atoms with E-state index in [1.54, 1.807) is 0 Å². The Kier molecular flexibility index (Phi) is 3.70. The summed E-state index contributed by atoms with van der Waals surface area (Å²) < 4.78 is 1.93. The lowest BCUT2D eigenvalue weighted by Gasteiger charge is -2.25. The summed E-state index contributed by atoms with van der Waals surface area (Å²) in [6.45, 7) is 5.00. The van der Waals surface area contributed by atoms with E-state index in [2.05, 4.69) is 36.0 Å². The molecule has 0 bridgehead atoms. The number of hydrogen-bond acceptors (Lipinski definition) is 2. The summed E-state index contributed by atoms with van der Waals surface area (Å²) in [4.78, 5) is 15.2. The number of amides is 1. The van der Waals surface area contributed by atoms with Crippen molar-refractivity contribution < 1.29 is 4.79 Å². The topological polar surface area (TPSA) is 38.1 Å². The van der Waals surface area contributed by atoms with Gasteiger partial charge in [0.25, 0.3) is 5.91 Å². The van der Waals surface area contributed by atoms with Gasteiger partial charge >= 0.3 is 0 Å². The first-order valence-electron chi connectivity index (χ1n) is 8.99. The molecule has 1 aromatic heterocycles. The van der Waals surface area contributed by atoms with Crippen LogP contribution in [0.25, 0.3) is 0 Å². The van der Waals surface area contributed by atoms with Gasteiger partial charge in [-0.2, -0.15) is 5.10 Å². The third-order valence-corrected chi connectivity index (χ3v) is 5.76. The van der Waals surface area contributed by atoms with Gasteiger partial charge in [-0.15, -0.1) is 0 Å². The quantitative estimate of drug-likeness (QED) is 0.848. The molecule has 4 heteroatoms. The molecule has 2 heterocycles. The van der Waals surface area contributed by atoms with Gasteiger partial charge in [0.1, 0.15) is 0 Å². The highest BCUT2D eigenvalue weighted by molar-refractivity contribution is 5.95. The monoisotopic (exact) mass is 323 g/mol. The van der Waals surface area contributed by atoms with Crippen molar-refractivity contribution in [1.29, 1.82) is 0 Å². The first-order valence-corrected chi connectivity index (χ1v) is 8.99. The predicted molar refractivity (Wildman–Crippen MR) is 94.2 cm³/mol. The average molecular weight is 323 g/mol. The minimum absolute atomic E-state index is 0.166. The van der Waals surface area contributed by atoms with E-state index in [1.807, 2.05) is 17.8 Å². The van der Waals surface area contributed by atoms with Gasteiger partial charge in [0.15, 0.2) is 0 Å². The molecule has 0 radical (unpaired) electrons. The largest absolute Gasteiger partial charge is 0.331 e. The maximum absolute atomic E-state index is 13.2. The molecule has 0 saturated carbocycles. The third kappa shape index (κ3) is 2.36. The lowest BCUT2D eigenvalue weighted by molar-refractivity contribution is 0.0735. The Bertz CT molecular complexity index is 805. The van der Waals surface area contributed by atoms with Crippen molar-refractivity contribution >= 4 is 5.91 Å². The summed E-state index contributed by atoms with van der Waals surface area (Å²) in [5.74, 6) is 0.176. The first-order chi connectivity index (χ1) is 11.6. The number of carbonyl (C=O) groups excluding carboxylic acids is 1. The smallest absolute Gasteiger partial charge is 0.254 e. The Morgan fingerprint density at radius 1 is 1.17 bits per heavy atom. The van der Waals surface area contributed by atoms with Crippen LogP contribution in [-0.4, -0.2) is 27.1 Å². The van der Waals surface area contributed by atoms with E-state index in [1.165, 1.54) is 28.8 Å². The molecule has 1 aliphatic heterocycles. The average Bonchev–Trinajstić information content (AvgIpc) is 3.26. The molecule has 0 N–H and O–H groups in total. The molecule has 0 unspecified atom stereocenters. The minimum Gasteiger partial charge on any atom is -0.331 e. The SMILES string of the molecule is Cc1nn(C)c(C)c1[C@H]1CCCN1C(=O)c1ccc2c(c1)CCC2. The molecule has 24 heavy (non-hydrogen) atoms. The van der Waals surface area contributed by atoms with Crippen LogP contribution in [0.1, 0.15) is 63.7 Å². The number of benzene rings is 1. The highest BCUT2D eigenvalue weighted by Gasteiger charge is 2.34. The Morgan fingerprint density at radius 3 is 2.71 bits per heavy atom. The molecule has 2 aromatic rings. The van der Waals surface area contributed by atoms with Crippen molar-refractivity contribution in [3.8, 4) is 0 Å². The first kappa shape index (κ1) is 15.4. The van der Waals surface area contributed by atoms with Crippen LogP contribution in [0, 0.1) is 13.8 Å². The number of nitrogens with zero attached hydrogens (tertiary/aromatic N) is 3. The zero-order chi connectivity index (χ0) is 16.8. The summed E-state index contributed by atoms with van der Waals surface area (Å²) in [5.41, 5.74) is 7.10. The fourth-order valence-electron chi connectivity index (χ4n) is 4.45. The van der Waals surface area contributed by atoms with E-state index in [0.29, 0.717) is 0 Å². The Morgan fingerprint density at radius 2 is 1.96 bits per heavy atom. The van der Waals surface area contributed by atoms with Gasteiger partial charge in [0, 0.05) is 30.4 Å². The molecule has 4 nitrogen and oxygen atoms in total. The molecule has 1 atom stereocenters. The van der Waals surface area contributed by atoms with Gasteiger partial charge in [-0.1, -0.05) is 6.07 Å². The molecular weight excluding hydrogens is 298 g/mol. The number of aromatic nitrogens is 2. The van der Waals surface area contributed by atoms with Crippen LogP contribution < -0.4 is 0 Å². The van der Waals surface area contributed by atoms with Crippen LogP contribution in [0.2, 0.25) is 0 Å². The lowest BCUT2D eigenvalue weighted by Crippen LogP contribution is -2.31. The molecule has 0 spiro atoms. The van der Waals surface area contributed by atoms with E-state index in [9.17, 15) is 4.79 Å². The van der Waals surface area contributed by atoms with Crippen molar-refractivity contribution in [2.45, 2.75) is 52.0 Å². The summed E-state index contributed by atoms with van der Waals surface area (Å²) in [6.07, 6.45) is 5.58. The van der Waals surface area contributed by atoms with Crippen molar-refractivity contribution in [2.75, 3.05) is 6.54 Å². The summed E-state index contributed by atoms with van der Waals surface area (Å²) in [5, 5.41) is 4.55. The highest BCUT2D eigenvalue weighted by Crippen LogP contribution is 2.36. The van der Waals surface area contributed by atoms with Crippen molar-refractivity contribution in [2.24, 2.45) is 7.05 Å². The number of hydrogen-bond donors (Lipinski definition) is 0. The van der Waals surface area contributed by atoms with Gasteiger partial charge in [-0.05, 0) is 69.2 Å². The van der Waals surface area contributed by atoms with Crippen LogP contribution in [0.4, 0.5) is 0 Å². The highest BCUT2D eigenvalue weighted by atomic mass is 16.2. The zero-order valence-electron chi connectivity index (χ0n) is 14.8. The maximum Gasteiger partial charge on any atom is 0.254 e. The second-order valence-corrected chi connectivity index (χ2v) is 7.20. The Hall–Kier alpha value is -2.10. The molecular formula is C20H25N3O. The Balaban J connectivity index is 1.66. The number of aryl methyl sites for hydroxylation is 4. The van der Waals surface area contributed by atoms with E-state index in [4.69, 9.17) is 0 Å². The normalized spacial score (nSPS) is 19.8. The number of carbonyl (C=O) groups is 1. The fraction of sp³-hybridized carbons (Fsp3) is 0.500. The second kappa shape index (κ2) is 5.76. The molecule has 1 aliphatic carbocycles. The summed E-state index contributed by atoms with van der Waals surface area (Å²) in [6, 6.07) is 6.47. The zero-order valence-corrected chi connectivity index (χ0v) is 14.8. The number of likely N-dealkylation sites (tertiary alicyclic amines) is 1. The maximum atomic E-state index is 13.2. The fourth-order valence-corrected chi connectivity index (χ4v) is 4.45.